The lowest BCUT2D eigenvalue weighted by molar-refractivity contribution is -0.131. The Balaban J connectivity index is 1.52. The number of benzene rings is 1. The van der Waals surface area contributed by atoms with Crippen LogP contribution in [0.25, 0.3) is 33.3 Å². The summed E-state index contributed by atoms with van der Waals surface area (Å²) in [7, 11) is 1.68. The summed E-state index contributed by atoms with van der Waals surface area (Å²) in [5.41, 5.74) is 4.02. The van der Waals surface area contributed by atoms with Gasteiger partial charge in [0, 0.05) is 60.0 Å². The van der Waals surface area contributed by atoms with Gasteiger partial charge in [0.2, 0.25) is 5.91 Å². The number of thioether (sulfide) groups is 1. The average Bonchev–Trinajstić information content (AvgIpc) is 3.38. The lowest BCUT2D eigenvalue weighted by Crippen LogP contribution is -2.38. The van der Waals surface area contributed by atoms with Gasteiger partial charge in [0.1, 0.15) is 11.4 Å². The van der Waals surface area contributed by atoms with Crippen molar-refractivity contribution in [2.75, 3.05) is 31.7 Å². The van der Waals surface area contributed by atoms with Crippen molar-refractivity contribution < 1.29 is 9.53 Å². The molecule has 1 aliphatic rings. The van der Waals surface area contributed by atoms with E-state index >= 15 is 0 Å². The van der Waals surface area contributed by atoms with Crippen molar-refractivity contribution >= 4 is 39.6 Å². The normalized spacial score (nSPS) is 14.5. The second kappa shape index (κ2) is 8.07. The molecule has 1 aromatic carbocycles. The summed E-state index contributed by atoms with van der Waals surface area (Å²) in [6.07, 6.45) is 2.28. The number of amides is 1. The number of ether oxygens (including phenoxy) is 1. The summed E-state index contributed by atoms with van der Waals surface area (Å²) in [5.74, 6) is 3.12. The molecule has 5 rings (SSSR count). The lowest BCUT2D eigenvalue weighted by Gasteiger charge is -2.26. The molecule has 0 radical (unpaired) electrons. The minimum atomic E-state index is 0.231. The number of hydrogen-bond acceptors (Lipinski definition) is 4. The molecule has 0 aliphatic carbocycles. The summed E-state index contributed by atoms with van der Waals surface area (Å²) in [6.45, 7) is 2.35. The van der Waals surface area contributed by atoms with Gasteiger partial charge in [-0.2, -0.15) is 11.8 Å². The molecule has 1 aliphatic heterocycles. The summed E-state index contributed by atoms with van der Waals surface area (Å²) in [6, 6.07) is 14.4. The third-order valence-electron chi connectivity index (χ3n) is 5.69. The Bertz CT molecular complexity index is 1170. The van der Waals surface area contributed by atoms with E-state index in [0.717, 1.165) is 63.7 Å². The van der Waals surface area contributed by atoms with E-state index in [1.807, 2.05) is 34.9 Å². The van der Waals surface area contributed by atoms with Crippen LogP contribution in [0, 0.1) is 0 Å². The molecular weight excluding hydrogens is 396 g/mol. The SMILES string of the molecule is COc1ccc2c(c1)cc(-c1cc3cccnc3[nH]1)n2CCC(=O)N1CCSCC1. The van der Waals surface area contributed by atoms with Crippen LogP contribution in [0.1, 0.15) is 6.42 Å². The molecule has 1 saturated heterocycles. The molecule has 3 aromatic heterocycles. The Kier molecular flexibility index (Phi) is 5.12. The van der Waals surface area contributed by atoms with Gasteiger partial charge in [0.05, 0.1) is 18.5 Å². The number of fused-ring (bicyclic) bond motifs is 2. The van der Waals surface area contributed by atoms with Crippen LogP contribution in [-0.4, -0.2) is 57.0 Å². The number of aromatic nitrogens is 3. The van der Waals surface area contributed by atoms with Crippen LogP contribution in [0.2, 0.25) is 0 Å². The quantitative estimate of drug-likeness (QED) is 0.527. The maximum atomic E-state index is 12.8. The van der Waals surface area contributed by atoms with Crippen molar-refractivity contribution in [3.05, 3.63) is 48.7 Å². The van der Waals surface area contributed by atoms with Crippen LogP contribution in [0.15, 0.2) is 48.7 Å². The number of methoxy groups -OCH3 is 1. The number of aromatic amines is 1. The highest BCUT2D eigenvalue weighted by molar-refractivity contribution is 7.99. The molecule has 4 heterocycles. The van der Waals surface area contributed by atoms with E-state index < -0.39 is 0 Å². The number of carbonyl (C=O) groups is 1. The first kappa shape index (κ1) is 19.1. The maximum Gasteiger partial charge on any atom is 0.224 e. The molecule has 154 valence electrons. The van der Waals surface area contributed by atoms with Gasteiger partial charge >= 0.3 is 0 Å². The minimum Gasteiger partial charge on any atom is -0.497 e. The molecule has 0 bridgehead atoms. The molecular formula is C23H24N4O2S. The molecule has 30 heavy (non-hydrogen) atoms. The highest BCUT2D eigenvalue weighted by Gasteiger charge is 2.19. The van der Waals surface area contributed by atoms with E-state index in [1.54, 1.807) is 13.3 Å². The highest BCUT2D eigenvalue weighted by atomic mass is 32.2. The van der Waals surface area contributed by atoms with E-state index in [9.17, 15) is 4.79 Å². The first-order chi connectivity index (χ1) is 14.7. The van der Waals surface area contributed by atoms with Gasteiger partial charge in [-0.25, -0.2) is 4.98 Å². The lowest BCUT2D eigenvalue weighted by atomic mass is 10.2. The van der Waals surface area contributed by atoms with Gasteiger partial charge in [-0.1, -0.05) is 0 Å². The number of carbonyl (C=O) groups excluding carboxylic acids is 1. The van der Waals surface area contributed by atoms with Crippen LogP contribution in [0.4, 0.5) is 0 Å². The fraction of sp³-hybridized carbons (Fsp3) is 0.304. The smallest absolute Gasteiger partial charge is 0.224 e. The standard InChI is InChI=1S/C23H24N4O2S/c1-29-18-4-5-20-17(13-18)15-21(19-14-16-3-2-7-24-23(16)25-19)27(20)8-6-22(28)26-9-11-30-12-10-26/h2-5,7,13-15H,6,8-12H2,1H3,(H,24,25). The Labute approximate surface area is 179 Å². The highest BCUT2D eigenvalue weighted by Crippen LogP contribution is 2.32. The summed E-state index contributed by atoms with van der Waals surface area (Å²) in [5, 5.41) is 2.17. The number of rotatable bonds is 5. The van der Waals surface area contributed by atoms with Gasteiger partial charge < -0.3 is 19.2 Å². The average molecular weight is 421 g/mol. The van der Waals surface area contributed by atoms with Crippen molar-refractivity contribution in [1.29, 1.82) is 0 Å². The monoisotopic (exact) mass is 420 g/mol. The predicted octanol–water partition coefficient (Wildman–Crippen LogP) is 4.16. The third-order valence-corrected chi connectivity index (χ3v) is 6.63. The zero-order chi connectivity index (χ0) is 20.5. The van der Waals surface area contributed by atoms with Gasteiger partial charge in [-0.3, -0.25) is 4.79 Å². The van der Waals surface area contributed by atoms with E-state index in [-0.39, 0.29) is 5.91 Å². The Morgan fingerprint density at radius 3 is 2.83 bits per heavy atom. The number of nitrogens with one attached hydrogen (secondary N) is 1. The second-order valence-electron chi connectivity index (χ2n) is 7.47. The van der Waals surface area contributed by atoms with Crippen LogP contribution >= 0.6 is 11.8 Å². The fourth-order valence-corrected chi connectivity index (χ4v) is 5.02. The van der Waals surface area contributed by atoms with Crippen molar-refractivity contribution in [2.24, 2.45) is 0 Å². The number of H-pyrrole nitrogens is 1. The van der Waals surface area contributed by atoms with Crippen molar-refractivity contribution in [3.63, 3.8) is 0 Å². The van der Waals surface area contributed by atoms with Gasteiger partial charge in [0.25, 0.3) is 0 Å². The van der Waals surface area contributed by atoms with E-state index in [2.05, 4.69) is 38.8 Å². The van der Waals surface area contributed by atoms with Crippen LogP contribution in [-0.2, 0) is 11.3 Å². The van der Waals surface area contributed by atoms with E-state index in [0.29, 0.717) is 13.0 Å². The predicted molar refractivity (Wildman–Crippen MR) is 122 cm³/mol. The number of pyridine rings is 1. The zero-order valence-electron chi connectivity index (χ0n) is 16.9. The zero-order valence-corrected chi connectivity index (χ0v) is 17.7. The number of hydrogen-bond donors (Lipinski definition) is 1. The molecule has 1 amide bonds. The van der Waals surface area contributed by atoms with E-state index in [1.165, 1.54) is 0 Å². The molecule has 4 aromatic rings. The second-order valence-corrected chi connectivity index (χ2v) is 8.70. The Morgan fingerprint density at radius 2 is 2.03 bits per heavy atom. The van der Waals surface area contributed by atoms with E-state index in [4.69, 9.17) is 4.74 Å². The van der Waals surface area contributed by atoms with Gasteiger partial charge in [-0.05, 0) is 42.5 Å². The first-order valence-electron chi connectivity index (χ1n) is 10.2. The molecule has 6 nitrogen and oxygen atoms in total. The molecule has 0 atom stereocenters. The van der Waals surface area contributed by atoms with Crippen LogP contribution in [0.5, 0.6) is 5.75 Å². The third kappa shape index (κ3) is 3.54. The fourth-order valence-electron chi connectivity index (χ4n) is 4.11. The van der Waals surface area contributed by atoms with Crippen LogP contribution < -0.4 is 4.74 Å². The molecule has 0 spiro atoms. The number of aryl methyl sites for hydroxylation is 1. The summed E-state index contributed by atoms with van der Waals surface area (Å²) >= 11 is 1.92. The van der Waals surface area contributed by atoms with Crippen LogP contribution in [0.3, 0.4) is 0 Å². The summed E-state index contributed by atoms with van der Waals surface area (Å²) < 4.78 is 7.65. The van der Waals surface area contributed by atoms with Crippen molar-refractivity contribution in [1.82, 2.24) is 19.4 Å². The number of nitrogens with zero attached hydrogens (tertiary/aromatic N) is 3. The molecule has 0 unspecified atom stereocenters. The Hall–Kier alpha value is -2.93. The largest absolute Gasteiger partial charge is 0.497 e. The van der Waals surface area contributed by atoms with Crippen molar-refractivity contribution in [2.45, 2.75) is 13.0 Å². The molecule has 1 fully saturated rings. The minimum absolute atomic E-state index is 0.231. The van der Waals surface area contributed by atoms with Gasteiger partial charge in [-0.15, -0.1) is 0 Å². The Morgan fingerprint density at radius 1 is 1.17 bits per heavy atom. The molecule has 0 saturated carbocycles. The topological polar surface area (TPSA) is 63.1 Å². The summed E-state index contributed by atoms with van der Waals surface area (Å²) in [4.78, 5) is 22.6. The molecule has 7 heteroatoms. The van der Waals surface area contributed by atoms with Gasteiger partial charge in [0.15, 0.2) is 0 Å². The first-order valence-corrected chi connectivity index (χ1v) is 11.4. The maximum absolute atomic E-state index is 12.8. The molecule has 1 N–H and O–H groups in total. The van der Waals surface area contributed by atoms with Crippen molar-refractivity contribution in [3.8, 4) is 17.1 Å².